The fourth-order valence-corrected chi connectivity index (χ4v) is 1.86. The van der Waals surface area contributed by atoms with E-state index in [1.54, 1.807) is 12.1 Å². The molecule has 1 aromatic carbocycles. The van der Waals surface area contributed by atoms with Gasteiger partial charge in [0.2, 0.25) is 10.0 Å². The fourth-order valence-electron chi connectivity index (χ4n) is 1.26. The lowest BCUT2D eigenvalue weighted by molar-refractivity contribution is 0.240. The van der Waals surface area contributed by atoms with Crippen LogP contribution in [0.3, 0.4) is 0 Å². The Morgan fingerprint density at radius 2 is 1.79 bits per heavy atom. The summed E-state index contributed by atoms with van der Waals surface area (Å²) in [6, 6.07) is 6.76. The van der Waals surface area contributed by atoms with Crippen molar-refractivity contribution in [3.8, 4) is 0 Å². The number of nitrogens with one attached hydrogen (secondary N) is 3. The van der Waals surface area contributed by atoms with Crippen LogP contribution in [0.5, 0.6) is 0 Å². The maximum Gasteiger partial charge on any atom is 0.315 e. The SMILES string of the molecule is CS(=O)(=O)NCCNC(=O)NCc1ccc(Cl)cc1. The van der Waals surface area contributed by atoms with Crippen molar-refractivity contribution in [2.75, 3.05) is 19.3 Å². The number of hydrogen-bond donors (Lipinski definition) is 3. The minimum atomic E-state index is -3.22. The Hall–Kier alpha value is -1.31. The zero-order chi connectivity index (χ0) is 14.3. The van der Waals surface area contributed by atoms with Crippen molar-refractivity contribution in [3.63, 3.8) is 0 Å². The molecule has 3 N–H and O–H groups in total. The summed E-state index contributed by atoms with van der Waals surface area (Å²) in [6.07, 6.45) is 1.06. The lowest BCUT2D eigenvalue weighted by atomic mass is 10.2. The molecule has 0 spiro atoms. The standard InChI is InChI=1S/C11H16ClN3O3S/c1-19(17,18)15-7-6-13-11(16)14-8-9-2-4-10(12)5-3-9/h2-5,15H,6-8H2,1H3,(H2,13,14,16). The number of carbonyl (C=O) groups excluding carboxylic acids is 1. The number of sulfonamides is 1. The van der Waals surface area contributed by atoms with E-state index in [0.717, 1.165) is 11.8 Å². The van der Waals surface area contributed by atoms with E-state index in [0.29, 0.717) is 11.6 Å². The van der Waals surface area contributed by atoms with Gasteiger partial charge in [-0.1, -0.05) is 23.7 Å². The van der Waals surface area contributed by atoms with E-state index in [9.17, 15) is 13.2 Å². The van der Waals surface area contributed by atoms with Gasteiger partial charge in [0.25, 0.3) is 0 Å². The van der Waals surface area contributed by atoms with E-state index >= 15 is 0 Å². The topological polar surface area (TPSA) is 87.3 Å². The first-order valence-corrected chi connectivity index (χ1v) is 7.84. The van der Waals surface area contributed by atoms with Crippen LogP contribution >= 0.6 is 11.6 Å². The maximum absolute atomic E-state index is 11.4. The highest BCUT2D eigenvalue weighted by Crippen LogP contribution is 2.08. The second kappa shape index (κ2) is 7.32. The molecule has 0 aliphatic rings. The molecule has 0 saturated carbocycles. The Labute approximate surface area is 117 Å². The third-order valence-corrected chi connectivity index (χ3v) is 3.12. The first kappa shape index (κ1) is 15.7. The third-order valence-electron chi connectivity index (χ3n) is 2.14. The van der Waals surface area contributed by atoms with Gasteiger partial charge in [0.1, 0.15) is 0 Å². The van der Waals surface area contributed by atoms with Crippen molar-refractivity contribution in [3.05, 3.63) is 34.9 Å². The number of rotatable bonds is 6. The molecule has 19 heavy (non-hydrogen) atoms. The van der Waals surface area contributed by atoms with Gasteiger partial charge in [-0.25, -0.2) is 17.9 Å². The quantitative estimate of drug-likeness (QED) is 0.676. The molecule has 0 atom stereocenters. The largest absolute Gasteiger partial charge is 0.337 e. The minimum absolute atomic E-state index is 0.160. The zero-order valence-corrected chi connectivity index (χ0v) is 12.0. The summed E-state index contributed by atoms with van der Waals surface area (Å²) < 4.78 is 23.8. The summed E-state index contributed by atoms with van der Waals surface area (Å²) in [5, 5.41) is 5.82. The van der Waals surface area contributed by atoms with Crippen LogP contribution < -0.4 is 15.4 Å². The smallest absolute Gasteiger partial charge is 0.315 e. The Morgan fingerprint density at radius 3 is 2.37 bits per heavy atom. The Kier molecular flexibility index (Phi) is 6.07. The highest BCUT2D eigenvalue weighted by Gasteiger charge is 2.02. The third kappa shape index (κ3) is 7.66. The van der Waals surface area contributed by atoms with Crippen LogP contribution in [0.25, 0.3) is 0 Å². The predicted molar refractivity (Wildman–Crippen MR) is 74.5 cm³/mol. The highest BCUT2D eigenvalue weighted by atomic mass is 35.5. The molecule has 2 amide bonds. The predicted octanol–water partition coefficient (Wildman–Crippen LogP) is 0.688. The molecule has 0 saturated heterocycles. The molecule has 0 aromatic heterocycles. The summed E-state index contributed by atoms with van der Waals surface area (Å²) in [6.45, 7) is 0.759. The van der Waals surface area contributed by atoms with Gasteiger partial charge < -0.3 is 10.6 Å². The lowest BCUT2D eigenvalue weighted by Gasteiger charge is -2.08. The number of carbonyl (C=O) groups is 1. The maximum atomic E-state index is 11.4. The van der Waals surface area contributed by atoms with E-state index < -0.39 is 10.0 Å². The van der Waals surface area contributed by atoms with E-state index in [-0.39, 0.29) is 19.1 Å². The van der Waals surface area contributed by atoms with Gasteiger partial charge in [-0.2, -0.15) is 0 Å². The van der Waals surface area contributed by atoms with Crippen molar-refractivity contribution in [2.45, 2.75) is 6.54 Å². The van der Waals surface area contributed by atoms with Crippen LogP contribution in [-0.4, -0.2) is 33.8 Å². The van der Waals surface area contributed by atoms with Gasteiger partial charge in [-0.15, -0.1) is 0 Å². The number of halogens is 1. The molecule has 1 rings (SSSR count). The zero-order valence-electron chi connectivity index (χ0n) is 10.4. The Bertz CT molecular complexity index is 516. The molecule has 8 heteroatoms. The van der Waals surface area contributed by atoms with Crippen LogP contribution in [0, 0.1) is 0 Å². The van der Waals surface area contributed by atoms with Crippen molar-refractivity contribution in [1.82, 2.24) is 15.4 Å². The summed E-state index contributed by atoms with van der Waals surface area (Å²) in [5.74, 6) is 0. The van der Waals surface area contributed by atoms with Gasteiger partial charge in [0.15, 0.2) is 0 Å². The summed E-state index contributed by atoms with van der Waals surface area (Å²) in [4.78, 5) is 11.4. The van der Waals surface area contributed by atoms with Crippen LogP contribution in [0.15, 0.2) is 24.3 Å². The highest BCUT2D eigenvalue weighted by molar-refractivity contribution is 7.88. The molecule has 0 unspecified atom stereocenters. The number of urea groups is 1. The van der Waals surface area contributed by atoms with Crippen LogP contribution in [0.4, 0.5) is 4.79 Å². The van der Waals surface area contributed by atoms with E-state index in [1.807, 2.05) is 12.1 Å². The van der Waals surface area contributed by atoms with Gasteiger partial charge in [-0.3, -0.25) is 0 Å². The van der Waals surface area contributed by atoms with E-state index in [1.165, 1.54) is 0 Å². The van der Waals surface area contributed by atoms with E-state index in [4.69, 9.17) is 11.6 Å². The second-order valence-corrected chi connectivity index (χ2v) is 6.17. The van der Waals surface area contributed by atoms with Gasteiger partial charge >= 0.3 is 6.03 Å². The van der Waals surface area contributed by atoms with Crippen molar-refractivity contribution in [1.29, 1.82) is 0 Å². The van der Waals surface area contributed by atoms with Gasteiger partial charge in [-0.05, 0) is 17.7 Å². The fraction of sp³-hybridized carbons (Fsp3) is 0.364. The molecule has 0 heterocycles. The normalized spacial score (nSPS) is 11.1. The summed E-state index contributed by atoms with van der Waals surface area (Å²) >= 11 is 5.74. The molecule has 0 aliphatic carbocycles. The Balaban J connectivity index is 2.19. The second-order valence-electron chi connectivity index (χ2n) is 3.90. The summed E-state index contributed by atoms with van der Waals surface area (Å²) in [5.41, 5.74) is 0.925. The van der Waals surface area contributed by atoms with Crippen molar-refractivity contribution < 1.29 is 13.2 Å². The molecule has 0 fully saturated rings. The lowest BCUT2D eigenvalue weighted by Crippen LogP contribution is -2.39. The molecular formula is C11H16ClN3O3S. The number of benzene rings is 1. The summed E-state index contributed by atoms with van der Waals surface area (Å²) in [7, 11) is -3.22. The van der Waals surface area contributed by atoms with Crippen LogP contribution in [-0.2, 0) is 16.6 Å². The van der Waals surface area contributed by atoms with Gasteiger partial charge in [0, 0.05) is 24.7 Å². The molecule has 0 aliphatic heterocycles. The average Bonchev–Trinajstić information content (AvgIpc) is 2.33. The number of amides is 2. The van der Waals surface area contributed by atoms with Gasteiger partial charge in [0.05, 0.1) is 6.26 Å². The molecule has 0 radical (unpaired) electrons. The molecular weight excluding hydrogens is 290 g/mol. The Morgan fingerprint density at radius 1 is 1.16 bits per heavy atom. The molecule has 1 aromatic rings. The first-order chi connectivity index (χ1) is 8.87. The monoisotopic (exact) mass is 305 g/mol. The number of hydrogen-bond acceptors (Lipinski definition) is 3. The van der Waals surface area contributed by atoms with E-state index in [2.05, 4.69) is 15.4 Å². The van der Waals surface area contributed by atoms with Crippen LogP contribution in [0.2, 0.25) is 5.02 Å². The van der Waals surface area contributed by atoms with Crippen LogP contribution in [0.1, 0.15) is 5.56 Å². The van der Waals surface area contributed by atoms with Crippen molar-refractivity contribution in [2.24, 2.45) is 0 Å². The van der Waals surface area contributed by atoms with Crippen molar-refractivity contribution >= 4 is 27.7 Å². The molecule has 106 valence electrons. The first-order valence-electron chi connectivity index (χ1n) is 5.57. The molecule has 6 nitrogen and oxygen atoms in total. The minimum Gasteiger partial charge on any atom is -0.337 e. The average molecular weight is 306 g/mol. The molecule has 0 bridgehead atoms.